The Morgan fingerprint density at radius 3 is 3.04 bits per heavy atom. The van der Waals surface area contributed by atoms with Crippen molar-refractivity contribution < 1.29 is 18.3 Å². The lowest BCUT2D eigenvalue weighted by Crippen LogP contribution is -2.62. The molecule has 0 aromatic carbocycles. The number of nitrogens with two attached hydrogens (primary N) is 1. The van der Waals surface area contributed by atoms with Crippen LogP contribution in [0.2, 0.25) is 0 Å². The van der Waals surface area contributed by atoms with E-state index in [0.717, 1.165) is 19.4 Å². The first kappa shape index (κ1) is 17.9. The molecule has 26 heavy (non-hydrogen) atoms. The van der Waals surface area contributed by atoms with E-state index in [1.54, 1.807) is 17.9 Å². The summed E-state index contributed by atoms with van der Waals surface area (Å²) >= 11 is 0. The van der Waals surface area contributed by atoms with Crippen LogP contribution in [0.25, 0.3) is 0 Å². The Kier molecular flexibility index (Phi) is 4.32. The Bertz CT molecular complexity index is 707. The van der Waals surface area contributed by atoms with Gasteiger partial charge in [0.05, 0.1) is 12.2 Å². The Labute approximate surface area is 151 Å². The van der Waals surface area contributed by atoms with Gasteiger partial charge in [-0.1, -0.05) is 0 Å². The summed E-state index contributed by atoms with van der Waals surface area (Å²) in [6.45, 7) is 3.78. The third-order valence-electron chi connectivity index (χ3n) is 5.96. The van der Waals surface area contributed by atoms with E-state index in [1.807, 2.05) is 0 Å². The highest BCUT2D eigenvalue weighted by molar-refractivity contribution is 5.93. The number of fused-ring (bicyclic) bond motifs is 2. The Morgan fingerprint density at radius 1 is 1.50 bits per heavy atom. The molecule has 2 fully saturated rings. The molecule has 3 heterocycles. The number of carbonyl (C=O) groups excluding carboxylic acids is 1. The van der Waals surface area contributed by atoms with Gasteiger partial charge in [-0.05, 0) is 38.8 Å². The Hall–Kier alpha value is -1.51. The Morgan fingerprint density at radius 2 is 2.31 bits per heavy atom. The maximum atomic E-state index is 14.2. The van der Waals surface area contributed by atoms with Gasteiger partial charge in [0.25, 0.3) is 11.8 Å². The zero-order valence-corrected chi connectivity index (χ0v) is 15.0. The van der Waals surface area contributed by atoms with Crippen LogP contribution < -0.4 is 11.1 Å². The summed E-state index contributed by atoms with van der Waals surface area (Å²) in [5.74, 6) is -2.87. The molecule has 8 heteroatoms. The van der Waals surface area contributed by atoms with Gasteiger partial charge in [-0.15, -0.1) is 0 Å². The number of nitrogens with zero attached hydrogens (tertiary/aromatic N) is 1. The molecule has 2 aliphatic heterocycles. The van der Waals surface area contributed by atoms with Crippen molar-refractivity contribution in [2.45, 2.75) is 50.3 Å². The number of aromatic nitrogens is 1. The number of aryl methyl sites for hydroxylation is 1. The van der Waals surface area contributed by atoms with E-state index in [2.05, 4.69) is 10.3 Å². The number of hydrogen-bond donors (Lipinski definition) is 3. The summed E-state index contributed by atoms with van der Waals surface area (Å²) in [4.78, 5) is 17.8. The number of piperidine rings is 1. The van der Waals surface area contributed by atoms with Crippen LogP contribution in [0.15, 0.2) is 6.07 Å². The number of alkyl halides is 2. The van der Waals surface area contributed by atoms with Crippen LogP contribution in [-0.2, 0) is 11.2 Å². The van der Waals surface area contributed by atoms with Crippen LogP contribution in [0, 0.1) is 5.92 Å². The molecule has 144 valence electrons. The zero-order chi connectivity index (χ0) is 18.5. The van der Waals surface area contributed by atoms with Crippen molar-refractivity contribution in [2.75, 3.05) is 26.2 Å². The third-order valence-corrected chi connectivity index (χ3v) is 5.96. The highest BCUT2D eigenvalue weighted by Crippen LogP contribution is 2.44. The summed E-state index contributed by atoms with van der Waals surface area (Å²) in [5.41, 5.74) is 7.32. The minimum Gasteiger partial charge on any atom is -0.367 e. The number of ether oxygens (including phenoxy) is 1. The van der Waals surface area contributed by atoms with E-state index in [4.69, 9.17) is 10.5 Å². The first-order valence-electron chi connectivity index (χ1n) is 9.38. The number of rotatable bonds is 3. The second-order valence-corrected chi connectivity index (χ2v) is 7.71. The van der Waals surface area contributed by atoms with Gasteiger partial charge in [-0.25, -0.2) is 8.78 Å². The minimum atomic E-state index is -2.92. The molecule has 0 spiro atoms. The van der Waals surface area contributed by atoms with E-state index in [0.29, 0.717) is 30.0 Å². The fraction of sp³-hybridized carbons (Fsp3) is 0.722. The van der Waals surface area contributed by atoms with Crippen molar-refractivity contribution in [1.29, 1.82) is 0 Å². The molecular weight excluding hydrogens is 342 g/mol. The van der Waals surface area contributed by atoms with Crippen molar-refractivity contribution in [2.24, 2.45) is 11.7 Å². The summed E-state index contributed by atoms with van der Waals surface area (Å²) < 4.78 is 33.8. The maximum absolute atomic E-state index is 14.2. The van der Waals surface area contributed by atoms with E-state index >= 15 is 0 Å². The normalized spacial score (nSPS) is 33.0. The first-order chi connectivity index (χ1) is 12.3. The maximum Gasteiger partial charge on any atom is 0.278 e. The minimum absolute atomic E-state index is 0.181. The van der Waals surface area contributed by atoms with Crippen molar-refractivity contribution in [3.05, 3.63) is 23.0 Å². The lowest BCUT2D eigenvalue weighted by atomic mass is 9.89. The quantitative estimate of drug-likeness (QED) is 0.760. The van der Waals surface area contributed by atoms with Gasteiger partial charge in [0.15, 0.2) is 0 Å². The monoisotopic (exact) mass is 368 g/mol. The molecule has 2 saturated heterocycles. The molecule has 0 bridgehead atoms. The number of hydrogen-bond acceptors (Lipinski definition) is 4. The van der Waals surface area contributed by atoms with Crippen molar-refractivity contribution >= 4 is 5.91 Å². The molecular formula is C18H26F2N4O2. The van der Waals surface area contributed by atoms with Crippen molar-refractivity contribution in [3.63, 3.8) is 0 Å². The van der Waals surface area contributed by atoms with E-state index in [-0.39, 0.29) is 31.3 Å². The molecule has 1 unspecified atom stereocenters. The van der Waals surface area contributed by atoms with E-state index in [1.165, 1.54) is 0 Å². The number of H-pyrrole nitrogens is 1. The molecule has 6 nitrogen and oxygen atoms in total. The fourth-order valence-electron chi connectivity index (χ4n) is 4.58. The van der Waals surface area contributed by atoms with Crippen LogP contribution in [0.3, 0.4) is 0 Å². The summed E-state index contributed by atoms with van der Waals surface area (Å²) in [5, 5.41) is 3.33. The number of nitrogens with one attached hydrogen (secondary N) is 2. The van der Waals surface area contributed by atoms with Gasteiger partial charge in [-0.2, -0.15) is 0 Å². The summed E-state index contributed by atoms with van der Waals surface area (Å²) in [7, 11) is 0. The second-order valence-electron chi connectivity index (χ2n) is 7.71. The molecule has 0 radical (unpaired) electrons. The number of carbonyl (C=O) groups is 1. The largest absolute Gasteiger partial charge is 0.367 e. The standard InChI is InChI=1S/C18H26F2N4O2/c1-2-26-15-12-8-14(23-13(12)5-6-17(15,19)20)16(25)24-9-11-4-3-7-22-18(11,21)10-24/h8,11,15,22-23H,2-7,9-10,21H2,1H3/t11-,15?,18+/m1/s1. The summed E-state index contributed by atoms with van der Waals surface area (Å²) in [6.07, 6.45) is 0.684. The zero-order valence-electron chi connectivity index (χ0n) is 15.0. The van der Waals surface area contributed by atoms with Crippen molar-refractivity contribution in [1.82, 2.24) is 15.2 Å². The van der Waals surface area contributed by atoms with Crippen LogP contribution in [0.1, 0.15) is 54.0 Å². The van der Waals surface area contributed by atoms with Gasteiger partial charge in [0.1, 0.15) is 11.8 Å². The summed E-state index contributed by atoms with van der Waals surface area (Å²) in [6, 6.07) is 1.55. The van der Waals surface area contributed by atoms with Gasteiger partial charge < -0.3 is 20.4 Å². The van der Waals surface area contributed by atoms with Crippen LogP contribution >= 0.6 is 0 Å². The van der Waals surface area contributed by atoms with Crippen LogP contribution in [0.5, 0.6) is 0 Å². The van der Waals surface area contributed by atoms with Crippen LogP contribution in [0.4, 0.5) is 8.78 Å². The molecule has 1 aliphatic carbocycles. The van der Waals surface area contributed by atoms with Crippen LogP contribution in [-0.4, -0.2) is 53.6 Å². The molecule has 0 saturated carbocycles. The molecule has 1 aromatic rings. The predicted octanol–water partition coefficient (Wildman–Crippen LogP) is 1.78. The topological polar surface area (TPSA) is 83.4 Å². The smallest absolute Gasteiger partial charge is 0.278 e. The number of likely N-dealkylation sites (tertiary alicyclic amines) is 1. The van der Waals surface area contributed by atoms with Gasteiger partial charge in [0.2, 0.25) is 0 Å². The van der Waals surface area contributed by atoms with Gasteiger partial charge in [0, 0.05) is 36.7 Å². The highest BCUT2D eigenvalue weighted by Gasteiger charge is 2.48. The van der Waals surface area contributed by atoms with Gasteiger partial charge in [-0.3, -0.25) is 10.1 Å². The SMILES string of the molecule is CCOC1c2cc(C(=O)N3C[C@H]4CCCN[C@@]4(N)C3)[nH]c2CCC1(F)F. The van der Waals surface area contributed by atoms with Crippen molar-refractivity contribution in [3.8, 4) is 0 Å². The molecule has 3 aliphatic rings. The van der Waals surface area contributed by atoms with E-state index in [9.17, 15) is 13.6 Å². The van der Waals surface area contributed by atoms with Gasteiger partial charge >= 0.3 is 0 Å². The molecule has 4 rings (SSSR count). The molecule has 1 aromatic heterocycles. The molecule has 1 amide bonds. The highest BCUT2D eigenvalue weighted by atomic mass is 19.3. The number of halogens is 2. The lowest BCUT2D eigenvalue weighted by Gasteiger charge is -2.35. The predicted molar refractivity (Wildman–Crippen MR) is 92.0 cm³/mol. The number of amides is 1. The lowest BCUT2D eigenvalue weighted by molar-refractivity contribution is -0.147. The fourth-order valence-corrected chi connectivity index (χ4v) is 4.58. The molecule has 3 atom stereocenters. The van der Waals surface area contributed by atoms with E-state index < -0.39 is 17.7 Å². The average Bonchev–Trinajstić information content (AvgIpc) is 3.17. The number of aromatic amines is 1. The first-order valence-corrected chi connectivity index (χ1v) is 9.38. The molecule has 4 N–H and O–H groups in total. The average molecular weight is 368 g/mol. The Balaban J connectivity index is 1.57. The third kappa shape index (κ3) is 2.84. The second kappa shape index (κ2) is 6.28.